The van der Waals surface area contributed by atoms with E-state index in [-0.39, 0.29) is 28.5 Å². The predicted octanol–water partition coefficient (Wildman–Crippen LogP) is 3.32. The molecule has 0 aromatic carbocycles. The Kier molecular flexibility index (Phi) is 4.77. The molecule has 24 heavy (non-hydrogen) atoms. The zero-order chi connectivity index (χ0) is 17.2. The number of ether oxygens (including phenoxy) is 3. The van der Waals surface area contributed by atoms with Gasteiger partial charge in [-0.1, -0.05) is 6.92 Å². The largest absolute Gasteiger partial charge is 0.462 e. The Labute approximate surface area is 142 Å². The van der Waals surface area contributed by atoms with Crippen LogP contribution in [0.2, 0.25) is 0 Å². The molecule has 1 unspecified atom stereocenters. The summed E-state index contributed by atoms with van der Waals surface area (Å²) in [6.45, 7) is 5.12. The van der Waals surface area contributed by atoms with Crippen LogP contribution in [0.5, 0.6) is 11.6 Å². The van der Waals surface area contributed by atoms with E-state index < -0.39 is 11.9 Å². The maximum absolute atomic E-state index is 13.7. The van der Waals surface area contributed by atoms with Crippen molar-refractivity contribution in [3.05, 3.63) is 34.2 Å². The lowest BCUT2D eigenvalue weighted by molar-refractivity contribution is 0.0529. The van der Waals surface area contributed by atoms with Gasteiger partial charge in [0.05, 0.1) is 13.2 Å². The van der Waals surface area contributed by atoms with E-state index >= 15 is 0 Å². The summed E-state index contributed by atoms with van der Waals surface area (Å²) in [6, 6.07) is 2.97. The third-order valence-electron chi connectivity index (χ3n) is 3.72. The highest BCUT2D eigenvalue weighted by Crippen LogP contribution is 2.40. The zero-order valence-electron chi connectivity index (χ0n) is 13.4. The number of nitrogens with zero attached hydrogens (tertiary/aromatic N) is 2. The second kappa shape index (κ2) is 6.82. The van der Waals surface area contributed by atoms with E-state index in [9.17, 15) is 9.18 Å². The molecule has 1 atom stereocenters. The molecule has 0 aliphatic carbocycles. The van der Waals surface area contributed by atoms with Gasteiger partial charge in [0, 0.05) is 18.2 Å². The first-order chi connectivity index (χ1) is 11.5. The van der Waals surface area contributed by atoms with E-state index in [1.54, 1.807) is 13.0 Å². The van der Waals surface area contributed by atoms with Crippen molar-refractivity contribution < 1.29 is 23.4 Å². The van der Waals surface area contributed by atoms with Gasteiger partial charge >= 0.3 is 5.97 Å². The Bertz CT molecular complexity index is 743. The second-order valence-electron chi connectivity index (χ2n) is 5.63. The lowest BCUT2D eigenvalue weighted by Gasteiger charge is -2.17. The number of rotatable bonds is 5. The lowest BCUT2D eigenvalue weighted by Crippen LogP contribution is -2.21. The second-order valence-corrected chi connectivity index (χ2v) is 6.63. The van der Waals surface area contributed by atoms with Gasteiger partial charge in [-0.05, 0) is 25.5 Å². The maximum atomic E-state index is 13.7. The average molecular weight is 352 g/mol. The molecular formula is C16H17FN2O4S. The highest BCUT2D eigenvalue weighted by Gasteiger charge is 2.37. The number of esters is 1. The Hall–Kier alpha value is -2.06. The van der Waals surface area contributed by atoms with Crippen LogP contribution in [0, 0.1) is 5.95 Å². The smallest absolute Gasteiger partial charge is 0.354 e. The van der Waals surface area contributed by atoms with E-state index in [0.717, 1.165) is 6.42 Å². The predicted molar refractivity (Wildman–Crippen MR) is 85.1 cm³/mol. The van der Waals surface area contributed by atoms with Crippen LogP contribution >= 0.6 is 11.3 Å². The fraction of sp³-hybridized carbons (Fsp3) is 0.438. The van der Waals surface area contributed by atoms with Crippen LogP contribution in [0.3, 0.4) is 0 Å². The van der Waals surface area contributed by atoms with Gasteiger partial charge in [0.1, 0.15) is 5.01 Å². The van der Waals surface area contributed by atoms with Gasteiger partial charge in [-0.25, -0.2) is 14.8 Å². The minimum absolute atomic E-state index is 0.0356. The summed E-state index contributed by atoms with van der Waals surface area (Å²) in [5, 5.41) is 0.711. The van der Waals surface area contributed by atoms with E-state index in [4.69, 9.17) is 14.2 Å². The molecule has 1 aliphatic rings. The fourth-order valence-corrected chi connectivity index (χ4v) is 3.39. The maximum Gasteiger partial charge on any atom is 0.354 e. The number of thiazole rings is 1. The van der Waals surface area contributed by atoms with Crippen LogP contribution in [0.25, 0.3) is 0 Å². The quantitative estimate of drug-likeness (QED) is 0.607. The first-order valence-corrected chi connectivity index (χ1v) is 8.39. The molecule has 0 bridgehead atoms. The summed E-state index contributed by atoms with van der Waals surface area (Å²) in [5.41, 5.74) is -0.291. The Morgan fingerprint density at radius 3 is 3.04 bits per heavy atom. The number of pyridine rings is 1. The van der Waals surface area contributed by atoms with Crippen molar-refractivity contribution in [2.45, 2.75) is 25.7 Å². The van der Waals surface area contributed by atoms with E-state index in [1.165, 1.54) is 23.6 Å². The Morgan fingerprint density at radius 1 is 1.54 bits per heavy atom. The molecule has 128 valence electrons. The van der Waals surface area contributed by atoms with Crippen molar-refractivity contribution in [3.8, 4) is 11.6 Å². The minimum atomic E-state index is -0.766. The van der Waals surface area contributed by atoms with Crippen LogP contribution in [-0.2, 0) is 14.9 Å². The lowest BCUT2D eigenvalue weighted by atomic mass is 9.91. The van der Waals surface area contributed by atoms with Gasteiger partial charge in [-0.3, -0.25) is 0 Å². The minimum Gasteiger partial charge on any atom is -0.462 e. The average Bonchev–Trinajstić information content (AvgIpc) is 3.17. The van der Waals surface area contributed by atoms with Crippen molar-refractivity contribution in [2.24, 2.45) is 0 Å². The number of hydrogen-bond acceptors (Lipinski definition) is 7. The van der Waals surface area contributed by atoms with E-state index in [2.05, 4.69) is 9.97 Å². The molecule has 0 spiro atoms. The molecule has 3 heterocycles. The molecular weight excluding hydrogens is 335 g/mol. The van der Waals surface area contributed by atoms with Gasteiger partial charge in [0.15, 0.2) is 10.6 Å². The standard InChI is InChI=1S/C16H17FN2O4S/c1-3-22-14(20)11-13(23-10-5-4-7-18-12(10)17)19-15(24-11)16(2)6-8-21-9-16/h4-5,7H,3,6,8-9H2,1-2H3. The van der Waals surface area contributed by atoms with Crippen molar-refractivity contribution in [1.82, 2.24) is 9.97 Å². The van der Waals surface area contributed by atoms with Gasteiger partial charge in [0.2, 0.25) is 5.88 Å². The molecule has 1 fully saturated rings. The Morgan fingerprint density at radius 2 is 2.38 bits per heavy atom. The molecule has 6 nitrogen and oxygen atoms in total. The van der Waals surface area contributed by atoms with E-state index in [1.807, 2.05) is 6.92 Å². The summed E-state index contributed by atoms with van der Waals surface area (Å²) in [7, 11) is 0. The van der Waals surface area contributed by atoms with Crippen molar-refractivity contribution in [1.29, 1.82) is 0 Å². The molecule has 1 saturated heterocycles. The summed E-state index contributed by atoms with van der Waals surface area (Å²) in [6.07, 6.45) is 2.11. The molecule has 0 amide bonds. The number of carbonyl (C=O) groups is 1. The summed E-state index contributed by atoms with van der Waals surface area (Å²) in [5.74, 6) is -1.36. The van der Waals surface area contributed by atoms with Crippen LogP contribution in [0.1, 0.15) is 34.9 Å². The highest BCUT2D eigenvalue weighted by molar-refractivity contribution is 7.14. The van der Waals surface area contributed by atoms with Crippen LogP contribution in [0.4, 0.5) is 4.39 Å². The molecule has 3 rings (SSSR count). The van der Waals surface area contributed by atoms with Gasteiger partial charge < -0.3 is 14.2 Å². The number of carbonyl (C=O) groups excluding carboxylic acids is 1. The van der Waals surface area contributed by atoms with Crippen LogP contribution in [-0.4, -0.2) is 35.8 Å². The molecule has 0 N–H and O–H groups in total. The fourth-order valence-electron chi connectivity index (χ4n) is 2.35. The summed E-state index contributed by atoms with van der Waals surface area (Å²) >= 11 is 1.20. The first-order valence-electron chi connectivity index (χ1n) is 7.58. The van der Waals surface area contributed by atoms with Crippen LogP contribution < -0.4 is 4.74 Å². The Balaban J connectivity index is 1.98. The van der Waals surface area contributed by atoms with Crippen molar-refractivity contribution >= 4 is 17.3 Å². The normalized spacial score (nSPS) is 20.1. The van der Waals surface area contributed by atoms with Crippen LogP contribution in [0.15, 0.2) is 18.3 Å². The molecule has 0 saturated carbocycles. The molecule has 0 radical (unpaired) electrons. The van der Waals surface area contributed by atoms with Gasteiger partial charge in [-0.2, -0.15) is 4.39 Å². The van der Waals surface area contributed by atoms with Gasteiger partial charge in [-0.15, -0.1) is 11.3 Å². The monoisotopic (exact) mass is 352 g/mol. The molecule has 1 aliphatic heterocycles. The van der Waals surface area contributed by atoms with Crippen molar-refractivity contribution in [3.63, 3.8) is 0 Å². The topological polar surface area (TPSA) is 70.5 Å². The number of halogens is 1. The molecule has 2 aromatic rings. The number of hydrogen-bond donors (Lipinski definition) is 0. The SMILES string of the molecule is CCOC(=O)c1sc(C2(C)CCOC2)nc1Oc1cccnc1F. The van der Waals surface area contributed by atoms with E-state index in [0.29, 0.717) is 18.2 Å². The third kappa shape index (κ3) is 3.25. The third-order valence-corrected chi connectivity index (χ3v) is 5.05. The zero-order valence-corrected chi connectivity index (χ0v) is 14.2. The molecule has 8 heteroatoms. The highest BCUT2D eigenvalue weighted by atomic mass is 32.1. The van der Waals surface area contributed by atoms with Gasteiger partial charge in [0.25, 0.3) is 5.95 Å². The first kappa shape index (κ1) is 16.8. The number of aromatic nitrogens is 2. The summed E-state index contributed by atoms with van der Waals surface area (Å²) in [4.78, 5) is 20.4. The van der Waals surface area contributed by atoms with Crippen molar-refractivity contribution in [2.75, 3.05) is 19.8 Å². The molecule has 2 aromatic heterocycles. The summed E-state index contributed by atoms with van der Waals surface area (Å²) < 4.78 is 29.8.